The molecule has 1 aliphatic heterocycles. The number of rotatable bonds is 6. The van der Waals surface area contributed by atoms with Gasteiger partial charge in [0.25, 0.3) is 0 Å². The van der Waals surface area contributed by atoms with E-state index in [0.29, 0.717) is 24.9 Å². The van der Waals surface area contributed by atoms with Crippen LogP contribution in [-0.2, 0) is 22.4 Å². The number of nitrogens with two attached hydrogens (primary N) is 1. The maximum absolute atomic E-state index is 13.0. The minimum Gasteiger partial charge on any atom is -0.354 e. The number of likely N-dealkylation sites (tertiary alicyclic amines) is 1. The van der Waals surface area contributed by atoms with Crippen LogP contribution in [0.25, 0.3) is 0 Å². The second-order valence-corrected chi connectivity index (χ2v) is 9.26. The van der Waals surface area contributed by atoms with E-state index < -0.39 is 6.04 Å². The Morgan fingerprint density at radius 1 is 1.17 bits per heavy atom. The molecule has 3 aliphatic rings. The van der Waals surface area contributed by atoms with Crippen LogP contribution < -0.4 is 11.1 Å². The summed E-state index contributed by atoms with van der Waals surface area (Å²) < 4.78 is 0. The zero-order chi connectivity index (χ0) is 20.2. The van der Waals surface area contributed by atoms with Crippen molar-refractivity contribution in [3.05, 3.63) is 17.5 Å². The Bertz CT molecular complexity index is 712. The fraction of sp³-hybridized carbons (Fsp3) is 0.773. The number of aromatic amines is 1. The van der Waals surface area contributed by atoms with Gasteiger partial charge in [0.1, 0.15) is 6.04 Å². The number of carbonyl (C=O) groups excluding carboxylic acids is 2. The van der Waals surface area contributed by atoms with Gasteiger partial charge in [-0.3, -0.25) is 14.7 Å². The van der Waals surface area contributed by atoms with Crippen molar-refractivity contribution in [1.82, 2.24) is 20.4 Å². The van der Waals surface area contributed by atoms with E-state index in [4.69, 9.17) is 5.73 Å². The molecule has 4 N–H and O–H groups in total. The van der Waals surface area contributed by atoms with Crippen molar-refractivity contribution in [2.24, 2.45) is 17.6 Å². The summed E-state index contributed by atoms with van der Waals surface area (Å²) in [7, 11) is 0. The molecule has 1 saturated carbocycles. The van der Waals surface area contributed by atoms with Crippen LogP contribution in [0.15, 0.2) is 6.20 Å². The van der Waals surface area contributed by atoms with Gasteiger partial charge in [0.2, 0.25) is 11.8 Å². The van der Waals surface area contributed by atoms with Crippen LogP contribution in [0.4, 0.5) is 0 Å². The van der Waals surface area contributed by atoms with Gasteiger partial charge in [-0.1, -0.05) is 32.1 Å². The fourth-order valence-corrected chi connectivity index (χ4v) is 5.43. The lowest BCUT2D eigenvalue weighted by Crippen LogP contribution is -2.52. The highest BCUT2D eigenvalue weighted by Crippen LogP contribution is 2.28. The number of nitrogens with zero attached hydrogens (tertiary/aromatic N) is 2. The molecule has 2 aliphatic carbocycles. The number of carbonyl (C=O) groups is 2. The first-order chi connectivity index (χ1) is 14.1. The maximum Gasteiger partial charge on any atom is 0.242 e. The van der Waals surface area contributed by atoms with Crippen molar-refractivity contribution in [2.75, 3.05) is 13.1 Å². The van der Waals surface area contributed by atoms with Gasteiger partial charge >= 0.3 is 0 Å². The molecule has 2 unspecified atom stereocenters. The minimum atomic E-state index is -0.468. The Morgan fingerprint density at radius 3 is 2.83 bits per heavy atom. The zero-order valence-electron chi connectivity index (χ0n) is 17.4. The lowest BCUT2D eigenvalue weighted by atomic mass is 9.84. The number of H-pyrrole nitrogens is 1. The van der Waals surface area contributed by atoms with Gasteiger partial charge in [-0.05, 0) is 55.9 Å². The summed E-state index contributed by atoms with van der Waals surface area (Å²) in [6.45, 7) is 1.31. The van der Waals surface area contributed by atoms with Crippen LogP contribution in [-0.4, -0.2) is 52.1 Å². The van der Waals surface area contributed by atoms with Gasteiger partial charge in [-0.15, -0.1) is 0 Å². The molecule has 7 heteroatoms. The Morgan fingerprint density at radius 2 is 2.00 bits per heavy atom. The van der Waals surface area contributed by atoms with Crippen LogP contribution in [0.2, 0.25) is 0 Å². The minimum absolute atomic E-state index is 0.0151. The molecule has 3 atom stereocenters. The summed E-state index contributed by atoms with van der Waals surface area (Å²) in [6.07, 6.45) is 13.4. The molecule has 1 aromatic heterocycles. The molecule has 2 fully saturated rings. The van der Waals surface area contributed by atoms with Crippen molar-refractivity contribution < 1.29 is 9.59 Å². The fourth-order valence-electron chi connectivity index (χ4n) is 5.43. The second-order valence-electron chi connectivity index (χ2n) is 9.26. The van der Waals surface area contributed by atoms with Gasteiger partial charge in [-0.2, -0.15) is 5.10 Å². The molecule has 4 rings (SSSR count). The van der Waals surface area contributed by atoms with Gasteiger partial charge in [0, 0.05) is 18.8 Å². The first-order valence-corrected chi connectivity index (χ1v) is 11.5. The average molecular weight is 402 g/mol. The summed E-state index contributed by atoms with van der Waals surface area (Å²) in [5.41, 5.74) is 8.78. The highest BCUT2D eigenvalue weighted by atomic mass is 16.2. The largest absolute Gasteiger partial charge is 0.354 e. The van der Waals surface area contributed by atoms with Crippen molar-refractivity contribution in [3.63, 3.8) is 0 Å². The number of amides is 2. The zero-order valence-corrected chi connectivity index (χ0v) is 17.4. The van der Waals surface area contributed by atoms with E-state index in [1.807, 2.05) is 6.20 Å². The average Bonchev–Trinajstić information content (AvgIpc) is 3.41. The first-order valence-electron chi connectivity index (χ1n) is 11.5. The third-order valence-corrected chi connectivity index (χ3v) is 7.15. The lowest BCUT2D eigenvalue weighted by Gasteiger charge is -2.30. The number of hydrogen-bond donors (Lipinski definition) is 3. The van der Waals surface area contributed by atoms with Crippen molar-refractivity contribution in [3.8, 4) is 0 Å². The van der Waals surface area contributed by atoms with E-state index in [1.165, 1.54) is 43.4 Å². The summed E-state index contributed by atoms with van der Waals surface area (Å²) >= 11 is 0. The lowest BCUT2D eigenvalue weighted by molar-refractivity contribution is -0.139. The third-order valence-electron chi connectivity index (χ3n) is 7.15. The van der Waals surface area contributed by atoms with Gasteiger partial charge < -0.3 is 16.0 Å². The Hall–Kier alpha value is -1.89. The number of aromatic nitrogens is 2. The van der Waals surface area contributed by atoms with E-state index in [1.54, 1.807) is 4.90 Å². The topological polar surface area (TPSA) is 104 Å². The Kier molecular flexibility index (Phi) is 6.53. The molecule has 0 radical (unpaired) electrons. The molecule has 0 bridgehead atoms. The molecule has 0 spiro atoms. The van der Waals surface area contributed by atoms with Crippen LogP contribution in [0.5, 0.6) is 0 Å². The van der Waals surface area contributed by atoms with Crippen LogP contribution >= 0.6 is 0 Å². The van der Waals surface area contributed by atoms with E-state index in [2.05, 4.69) is 15.5 Å². The Balaban J connectivity index is 1.27. The van der Waals surface area contributed by atoms with Crippen molar-refractivity contribution in [1.29, 1.82) is 0 Å². The number of hydrogen-bond acceptors (Lipinski definition) is 4. The molecule has 0 aromatic carbocycles. The summed E-state index contributed by atoms with van der Waals surface area (Å²) in [6, 6.07) is -0.822. The molecular weight excluding hydrogens is 366 g/mol. The monoisotopic (exact) mass is 401 g/mol. The quantitative estimate of drug-likeness (QED) is 0.677. The predicted octanol–water partition coefficient (Wildman–Crippen LogP) is 1.92. The third kappa shape index (κ3) is 4.82. The molecule has 1 saturated heterocycles. The smallest absolute Gasteiger partial charge is 0.242 e. The first kappa shape index (κ1) is 20.4. The van der Waals surface area contributed by atoms with Crippen molar-refractivity contribution in [2.45, 2.75) is 82.7 Å². The summed E-state index contributed by atoms with van der Waals surface area (Å²) in [5.74, 6) is 0.951. The molecule has 7 nitrogen and oxygen atoms in total. The molecule has 1 aromatic rings. The number of fused-ring (bicyclic) bond motifs is 1. The van der Waals surface area contributed by atoms with Crippen molar-refractivity contribution >= 4 is 11.8 Å². The number of aryl methyl sites for hydroxylation is 1. The summed E-state index contributed by atoms with van der Waals surface area (Å²) in [5, 5.41) is 10.3. The molecule has 29 heavy (non-hydrogen) atoms. The van der Waals surface area contributed by atoms with Gasteiger partial charge in [0.15, 0.2) is 0 Å². The van der Waals surface area contributed by atoms with Crippen LogP contribution in [0.3, 0.4) is 0 Å². The standard InChI is InChI=1S/C22H35N5O2/c23-18(12-15-5-2-1-3-6-15)22(29)27-10-4-7-20(27)21(28)24-13-16-8-9-19-17(11-16)14-25-26-19/h14-16,18,20H,1-13,23H2,(H,24,28)(H,25,26)/t16?,18-,20?/m1/s1. The highest BCUT2D eigenvalue weighted by molar-refractivity contribution is 5.90. The van der Waals surface area contributed by atoms with Gasteiger partial charge in [0.05, 0.1) is 12.2 Å². The normalized spacial score (nSPS) is 26.2. The molecule has 2 heterocycles. The highest BCUT2D eigenvalue weighted by Gasteiger charge is 2.37. The number of nitrogens with one attached hydrogen (secondary N) is 2. The van der Waals surface area contributed by atoms with E-state index >= 15 is 0 Å². The van der Waals surface area contributed by atoms with Crippen LogP contribution in [0, 0.1) is 11.8 Å². The van der Waals surface area contributed by atoms with Gasteiger partial charge in [-0.25, -0.2) is 0 Å². The summed E-state index contributed by atoms with van der Waals surface area (Å²) in [4.78, 5) is 27.6. The molecule has 160 valence electrons. The maximum atomic E-state index is 13.0. The second kappa shape index (κ2) is 9.28. The predicted molar refractivity (Wildman–Crippen MR) is 111 cm³/mol. The molecule has 2 amide bonds. The molecular formula is C22H35N5O2. The van der Waals surface area contributed by atoms with E-state index in [9.17, 15) is 9.59 Å². The van der Waals surface area contributed by atoms with E-state index in [0.717, 1.165) is 38.5 Å². The van der Waals surface area contributed by atoms with Crippen LogP contribution in [0.1, 0.15) is 69.0 Å². The SMILES string of the molecule is N[C@H](CC1CCCCC1)C(=O)N1CCCC1C(=O)NCC1CCc2[nH]ncc2C1. The Labute approximate surface area is 173 Å². The van der Waals surface area contributed by atoms with E-state index in [-0.39, 0.29) is 17.9 Å².